The summed E-state index contributed by atoms with van der Waals surface area (Å²) in [7, 11) is 0. The third-order valence-corrected chi connectivity index (χ3v) is 2.09. The second-order valence-corrected chi connectivity index (χ2v) is 3.67. The maximum Gasteiger partial charge on any atom is 0.243 e. The van der Waals surface area contributed by atoms with Gasteiger partial charge in [0.05, 0.1) is 18.2 Å². The molecule has 1 rings (SSSR count). The molecule has 8 heteroatoms. The van der Waals surface area contributed by atoms with E-state index in [4.69, 9.17) is 26.8 Å². The maximum absolute atomic E-state index is 9.23. The predicted molar refractivity (Wildman–Crippen MR) is 54.6 cm³/mol. The third-order valence-electron chi connectivity index (χ3n) is 2.09. The van der Waals surface area contributed by atoms with Gasteiger partial charge in [-0.1, -0.05) is 5.16 Å². The van der Waals surface area contributed by atoms with Gasteiger partial charge in [-0.25, -0.2) is 0 Å². The Morgan fingerprint density at radius 3 is 2.44 bits per heavy atom. The molecule has 1 heterocycles. The van der Waals surface area contributed by atoms with Crippen LogP contribution in [0.15, 0.2) is 4.52 Å². The Balaban J connectivity index is 2.71. The third kappa shape index (κ3) is 3.22. The van der Waals surface area contributed by atoms with Crippen molar-refractivity contribution in [2.45, 2.75) is 37.8 Å². The number of rotatable bonds is 5. The summed E-state index contributed by atoms with van der Waals surface area (Å²) in [6, 6.07) is -1.38. The number of hydrogen-bond acceptors (Lipinski definition) is 8. The molecule has 92 valence electrons. The Bertz CT molecular complexity index is 327. The van der Waals surface area contributed by atoms with Gasteiger partial charge in [-0.2, -0.15) is 4.98 Å². The van der Waals surface area contributed by atoms with Crippen molar-refractivity contribution in [1.82, 2.24) is 10.1 Å². The van der Waals surface area contributed by atoms with Crippen molar-refractivity contribution in [3.63, 3.8) is 0 Å². The molecule has 0 bridgehead atoms. The van der Waals surface area contributed by atoms with Crippen molar-refractivity contribution < 1.29 is 14.7 Å². The topological polar surface area (TPSA) is 157 Å². The van der Waals surface area contributed by atoms with Crippen molar-refractivity contribution >= 4 is 0 Å². The lowest BCUT2D eigenvalue weighted by molar-refractivity contribution is 0.155. The zero-order valence-electron chi connectivity index (χ0n) is 8.95. The maximum atomic E-state index is 9.23. The van der Waals surface area contributed by atoms with Gasteiger partial charge in [0.15, 0.2) is 5.82 Å². The van der Waals surface area contributed by atoms with Crippen LogP contribution in [0, 0.1) is 0 Å². The standard InChI is InChI=1S/C8H17N5O3/c1-3(14)6(11)7-12-8(16-13-7)4(9)2-5(10)15/h3-6,14-15H,2,9-11H2,1H3/t3?,4-,5?,6-/m1/s1. The molecule has 0 aromatic carbocycles. The number of aliphatic hydroxyl groups excluding tert-OH is 2. The number of nitrogens with two attached hydrogens (primary N) is 3. The number of nitrogens with zero attached hydrogens (tertiary/aromatic N) is 2. The van der Waals surface area contributed by atoms with Gasteiger partial charge in [-0.15, -0.1) is 0 Å². The summed E-state index contributed by atoms with van der Waals surface area (Å²) in [5.41, 5.74) is 16.4. The van der Waals surface area contributed by atoms with E-state index in [0.717, 1.165) is 0 Å². The van der Waals surface area contributed by atoms with Crippen LogP contribution < -0.4 is 17.2 Å². The van der Waals surface area contributed by atoms with Gasteiger partial charge in [0.25, 0.3) is 0 Å². The van der Waals surface area contributed by atoms with Crippen molar-refractivity contribution in [3.8, 4) is 0 Å². The first kappa shape index (κ1) is 13.0. The normalized spacial score (nSPS) is 19.1. The quantitative estimate of drug-likeness (QED) is 0.368. The average molecular weight is 231 g/mol. The molecule has 0 aliphatic carbocycles. The van der Waals surface area contributed by atoms with E-state index in [-0.39, 0.29) is 18.1 Å². The van der Waals surface area contributed by atoms with Crippen molar-refractivity contribution in [2.24, 2.45) is 17.2 Å². The summed E-state index contributed by atoms with van der Waals surface area (Å²) in [4.78, 5) is 3.93. The minimum absolute atomic E-state index is 0.103. The molecule has 16 heavy (non-hydrogen) atoms. The summed E-state index contributed by atoms with van der Waals surface area (Å²) < 4.78 is 4.85. The van der Waals surface area contributed by atoms with Gasteiger partial charge in [-0.3, -0.25) is 0 Å². The molecular formula is C8H17N5O3. The molecule has 1 aromatic rings. The smallest absolute Gasteiger partial charge is 0.243 e. The molecule has 1 aromatic heterocycles. The fraction of sp³-hybridized carbons (Fsp3) is 0.750. The predicted octanol–water partition coefficient (Wildman–Crippen LogP) is -1.88. The molecule has 2 unspecified atom stereocenters. The molecule has 0 spiro atoms. The molecule has 0 amide bonds. The van der Waals surface area contributed by atoms with Crippen molar-refractivity contribution in [2.75, 3.05) is 0 Å². The second-order valence-electron chi connectivity index (χ2n) is 3.67. The number of aliphatic hydroxyl groups is 2. The summed E-state index contributed by atoms with van der Waals surface area (Å²) >= 11 is 0. The first-order valence-electron chi connectivity index (χ1n) is 4.88. The Kier molecular flexibility index (Phi) is 4.33. The van der Waals surface area contributed by atoms with Crippen LogP contribution in [0.2, 0.25) is 0 Å². The summed E-state index contributed by atoms with van der Waals surface area (Å²) in [6.07, 6.45) is -1.73. The fourth-order valence-electron chi connectivity index (χ4n) is 1.11. The first-order valence-corrected chi connectivity index (χ1v) is 4.88. The molecule has 8 nitrogen and oxygen atoms in total. The van der Waals surface area contributed by atoms with E-state index in [9.17, 15) is 5.11 Å². The largest absolute Gasteiger partial charge is 0.391 e. The van der Waals surface area contributed by atoms with E-state index in [1.54, 1.807) is 0 Å². The lowest BCUT2D eigenvalue weighted by Gasteiger charge is -2.09. The van der Waals surface area contributed by atoms with Crippen LogP contribution in [0.25, 0.3) is 0 Å². The van der Waals surface area contributed by atoms with E-state index >= 15 is 0 Å². The molecule has 8 N–H and O–H groups in total. The SMILES string of the molecule is CC(O)[C@@H](N)c1noc([C@H](N)CC(N)O)n1. The van der Waals surface area contributed by atoms with Crippen LogP contribution >= 0.6 is 0 Å². The monoisotopic (exact) mass is 231 g/mol. The second kappa shape index (κ2) is 5.32. The molecule has 0 fully saturated rings. The Morgan fingerprint density at radius 1 is 1.31 bits per heavy atom. The van der Waals surface area contributed by atoms with E-state index < -0.39 is 24.4 Å². The lowest BCUT2D eigenvalue weighted by Crippen LogP contribution is -2.26. The Labute approximate surface area is 92.4 Å². The van der Waals surface area contributed by atoms with Gasteiger partial charge < -0.3 is 31.9 Å². The van der Waals surface area contributed by atoms with Gasteiger partial charge in [0.2, 0.25) is 5.89 Å². The van der Waals surface area contributed by atoms with Crippen molar-refractivity contribution in [1.29, 1.82) is 0 Å². The Hall–Kier alpha value is -1.06. The number of aromatic nitrogens is 2. The first-order chi connectivity index (χ1) is 7.41. The molecule has 0 saturated carbocycles. The fourth-order valence-corrected chi connectivity index (χ4v) is 1.11. The molecule has 0 saturated heterocycles. The highest BCUT2D eigenvalue weighted by Gasteiger charge is 2.22. The van der Waals surface area contributed by atoms with Crippen LogP contribution in [0.3, 0.4) is 0 Å². The van der Waals surface area contributed by atoms with Gasteiger partial charge in [0, 0.05) is 6.42 Å². The van der Waals surface area contributed by atoms with E-state index in [1.807, 2.05) is 0 Å². The highest BCUT2D eigenvalue weighted by Crippen LogP contribution is 2.16. The summed E-state index contributed by atoms with van der Waals surface area (Å²) in [6.45, 7) is 1.52. The molecule has 0 aliphatic rings. The average Bonchev–Trinajstić information content (AvgIpc) is 2.63. The van der Waals surface area contributed by atoms with Gasteiger partial charge in [-0.05, 0) is 6.92 Å². The molecule has 0 aliphatic heterocycles. The van der Waals surface area contributed by atoms with E-state index in [1.165, 1.54) is 6.92 Å². The Morgan fingerprint density at radius 2 is 1.94 bits per heavy atom. The van der Waals surface area contributed by atoms with Crippen LogP contribution in [-0.4, -0.2) is 32.7 Å². The number of hydrogen-bond donors (Lipinski definition) is 5. The van der Waals surface area contributed by atoms with E-state index in [2.05, 4.69) is 10.1 Å². The molecule has 4 atom stereocenters. The van der Waals surface area contributed by atoms with Crippen LogP contribution in [0.4, 0.5) is 0 Å². The molecular weight excluding hydrogens is 214 g/mol. The van der Waals surface area contributed by atoms with Crippen molar-refractivity contribution in [3.05, 3.63) is 11.7 Å². The zero-order valence-corrected chi connectivity index (χ0v) is 8.95. The minimum atomic E-state index is -1.05. The summed E-state index contributed by atoms with van der Waals surface area (Å²) in [5, 5.41) is 21.8. The van der Waals surface area contributed by atoms with Crippen LogP contribution in [0.1, 0.15) is 37.1 Å². The lowest BCUT2D eigenvalue weighted by atomic mass is 10.2. The van der Waals surface area contributed by atoms with Gasteiger partial charge in [0.1, 0.15) is 6.23 Å². The van der Waals surface area contributed by atoms with E-state index in [0.29, 0.717) is 0 Å². The van der Waals surface area contributed by atoms with Gasteiger partial charge >= 0.3 is 0 Å². The molecule has 0 radical (unpaired) electrons. The summed E-state index contributed by atoms with van der Waals surface area (Å²) in [5.74, 6) is 0.308. The highest BCUT2D eigenvalue weighted by molar-refractivity contribution is 4.98. The van der Waals surface area contributed by atoms with Crippen LogP contribution in [0.5, 0.6) is 0 Å². The van der Waals surface area contributed by atoms with Crippen LogP contribution in [-0.2, 0) is 0 Å². The highest BCUT2D eigenvalue weighted by atomic mass is 16.5. The minimum Gasteiger partial charge on any atom is -0.391 e. The zero-order chi connectivity index (χ0) is 12.3.